The lowest BCUT2D eigenvalue weighted by atomic mass is 9.98. The van der Waals surface area contributed by atoms with Crippen LogP contribution in [-0.2, 0) is 4.79 Å². The van der Waals surface area contributed by atoms with Crippen LogP contribution in [0, 0.1) is 11.8 Å². The van der Waals surface area contributed by atoms with E-state index < -0.39 is 0 Å². The number of carbonyl (C=O) groups excluding carboxylic acids is 1. The van der Waals surface area contributed by atoms with Crippen LogP contribution in [0.4, 0.5) is 5.69 Å². The highest BCUT2D eigenvalue weighted by atomic mass is 127. The molecule has 0 aliphatic heterocycles. The Kier molecular flexibility index (Phi) is 5.91. The SMILES string of the molecule is COc1ccc(NC(=O)[C@H](C)[C@H](I)C(C)C)cc1. The first-order valence-corrected chi connectivity index (χ1v) is 7.29. The van der Waals surface area contributed by atoms with Crippen molar-refractivity contribution in [3.8, 4) is 5.75 Å². The van der Waals surface area contributed by atoms with E-state index in [-0.39, 0.29) is 11.8 Å². The van der Waals surface area contributed by atoms with Crippen molar-refractivity contribution in [1.29, 1.82) is 0 Å². The average molecular weight is 361 g/mol. The summed E-state index contributed by atoms with van der Waals surface area (Å²) in [5.41, 5.74) is 0.806. The standard InChI is InChI=1S/C14H20INO2/c1-9(2)13(15)10(3)14(17)16-11-5-7-12(18-4)8-6-11/h5-10,13H,1-4H3,(H,16,17)/t10-,13-/m1/s1. The van der Waals surface area contributed by atoms with Crippen LogP contribution in [0.5, 0.6) is 5.75 Å². The number of ether oxygens (including phenoxy) is 1. The zero-order valence-electron chi connectivity index (χ0n) is 11.2. The molecule has 0 unspecified atom stereocenters. The van der Waals surface area contributed by atoms with Crippen LogP contribution >= 0.6 is 22.6 Å². The molecule has 0 radical (unpaired) electrons. The van der Waals surface area contributed by atoms with Gasteiger partial charge in [0.1, 0.15) is 5.75 Å². The Hall–Kier alpha value is -0.780. The summed E-state index contributed by atoms with van der Waals surface area (Å²) in [4.78, 5) is 12.1. The van der Waals surface area contributed by atoms with Gasteiger partial charge in [-0.05, 0) is 30.2 Å². The van der Waals surface area contributed by atoms with Crippen molar-refractivity contribution in [2.75, 3.05) is 12.4 Å². The number of benzene rings is 1. The number of hydrogen-bond acceptors (Lipinski definition) is 2. The minimum Gasteiger partial charge on any atom is -0.497 e. The molecule has 100 valence electrons. The predicted octanol–water partition coefficient (Wildman–Crippen LogP) is 3.73. The quantitative estimate of drug-likeness (QED) is 0.641. The second kappa shape index (κ2) is 6.97. The second-order valence-corrected chi connectivity index (χ2v) is 6.13. The van der Waals surface area contributed by atoms with E-state index in [0.717, 1.165) is 11.4 Å². The number of amides is 1. The largest absolute Gasteiger partial charge is 0.497 e. The Morgan fingerprint density at radius 2 is 1.78 bits per heavy atom. The third-order valence-corrected chi connectivity index (χ3v) is 5.40. The molecule has 1 N–H and O–H groups in total. The van der Waals surface area contributed by atoms with Gasteiger partial charge in [0.2, 0.25) is 5.91 Å². The minimum atomic E-state index is -0.00676. The molecule has 0 spiro atoms. The van der Waals surface area contributed by atoms with Crippen LogP contribution in [0.1, 0.15) is 20.8 Å². The van der Waals surface area contributed by atoms with Gasteiger partial charge in [0, 0.05) is 15.5 Å². The zero-order valence-corrected chi connectivity index (χ0v) is 13.4. The lowest BCUT2D eigenvalue weighted by molar-refractivity contribution is -0.119. The fourth-order valence-corrected chi connectivity index (χ4v) is 1.98. The summed E-state index contributed by atoms with van der Waals surface area (Å²) >= 11 is 2.35. The van der Waals surface area contributed by atoms with Crippen molar-refractivity contribution >= 4 is 34.2 Å². The van der Waals surface area contributed by atoms with E-state index in [4.69, 9.17) is 4.74 Å². The first kappa shape index (κ1) is 15.3. The van der Waals surface area contributed by atoms with Crippen LogP contribution in [0.15, 0.2) is 24.3 Å². The van der Waals surface area contributed by atoms with Gasteiger partial charge in [-0.2, -0.15) is 0 Å². The number of rotatable bonds is 5. The number of alkyl halides is 1. The van der Waals surface area contributed by atoms with Gasteiger partial charge >= 0.3 is 0 Å². The molecular formula is C14H20INO2. The lowest BCUT2D eigenvalue weighted by Crippen LogP contribution is -2.30. The van der Waals surface area contributed by atoms with Gasteiger partial charge in [-0.1, -0.05) is 43.4 Å². The first-order chi connectivity index (χ1) is 8.45. The summed E-state index contributed by atoms with van der Waals surface area (Å²) in [6, 6.07) is 7.37. The molecule has 1 rings (SSSR count). The van der Waals surface area contributed by atoms with E-state index >= 15 is 0 Å². The Labute approximate surface area is 122 Å². The molecule has 0 aliphatic carbocycles. The van der Waals surface area contributed by atoms with Crippen molar-refractivity contribution in [2.24, 2.45) is 11.8 Å². The Morgan fingerprint density at radius 1 is 1.22 bits per heavy atom. The predicted molar refractivity (Wildman–Crippen MR) is 83.4 cm³/mol. The van der Waals surface area contributed by atoms with E-state index in [1.807, 2.05) is 31.2 Å². The second-order valence-electron chi connectivity index (χ2n) is 4.69. The van der Waals surface area contributed by atoms with Crippen molar-refractivity contribution in [3.05, 3.63) is 24.3 Å². The van der Waals surface area contributed by atoms with Crippen molar-refractivity contribution in [1.82, 2.24) is 0 Å². The first-order valence-electron chi connectivity index (χ1n) is 6.04. The molecule has 0 saturated carbocycles. The van der Waals surface area contributed by atoms with Gasteiger partial charge in [-0.25, -0.2) is 0 Å². The van der Waals surface area contributed by atoms with Crippen LogP contribution in [0.2, 0.25) is 0 Å². The van der Waals surface area contributed by atoms with Gasteiger partial charge in [-0.3, -0.25) is 4.79 Å². The summed E-state index contributed by atoms with van der Waals surface area (Å²) in [7, 11) is 1.62. The van der Waals surface area contributed by atoms with Crippen molar-refractivity contribution in [3.63, 3.8) is 0 Å². The molecule has 0 heterocycles. The van der Waals surface area contributed by atoms with E-state index in [2.05, 4.69) is 41.8 Å². The number of methoxy groups -OCH3 is 1. The normalized spacial score (nSPS) is 14.1. The van der Waals surface area contributed by atoms with Gasteiger partial charge in [0.05, 0.1) is 7.11 Å². The molecule has 2 atom stereocenters. The molecule has 3 nitrogen and oxygen atoms in total. The average Bonchev–Trinajstić information content (AvgIpc) is 2.37. The molecule has 0 bridgehead atoms. The smallest absolute Gasteiger partial charge is 0.228 e. The van der Waals surface area contributed by atoms with Crippen LogP contribution < -0.4 is 10.1 Å². The summed E-state index contributed by atoms with van der Waals surface area (Å²) in [5, 5.41) is 2.93. The van der Waals surface area contributed by atoms with Gasteiger partial charge < -0.3 is 10.1 Å². The third kappa shape index (κ3) is 4.15. The Morgan fingerprint density at radius 3 is 2.22 bits per heavy atom. The fraction of sp³-hybridized carbons (Fsp3) is 0.500. The van der Waals surface area contributed by atoms with Crippen LogP contribution in [0.3, 0.4) is 0 Å². The Bertz CT molecular complexity index is 389. The molecule has 1 amide bonds. The number of hydrogen-bond donors (Lipinski definition) is 1. The molecule has 4 heteroatoms. The molecule has 18 heavy (non-hydrogen) atoms. The van der Waals surface area contributed by atoms with E-state index in [1.54, 1.807) is 7.11 Å². The Balaban J connectivity index is 2.63. The minimum absolute atomic E-state index is 0.00676. The molecule has 0 aromatic heterocycles. The highest BCUT2D eigenvalue weighted by molar-refractivity contribution is 14.1. The van der Waals surface area contributed by atoms with Gasteiger partial charge in [-0.15, -0.1) is 0 Å². The zero-order chi connectivity index (χ0) is 13.7. The molecule has 1 aromatic rings. The highest BCUT2D eigenvalue weighted by Crippen LogP contribution is 2.23. The summed E-state index contributed by atoms with van der Waals surface area (Å²) in [6.07, 6.45) is 0. The van der Waals surface area contributed by atoms with Crippen LogP contribution in [0.25, 0.3) is 0 Å². The number of carbonyl (C=O) groups is 1. The fourth-order valence-electron chi connectivity index (χ4n) is 1.65. The highest BCUT2D eigenvalue weighted by Gasteiger charge is 2.24. The van der Waals surface area contributed by atoms with Gasteiger partial charge in [0.25, 0.3) is 0 Å². The van der Waals surface area contributed by atoms with Crippen LogP contribution in [-0.4, -0.2) is 16.9 Å². The summed E-state index contributed by atoms with van der Waals surface area (Å²) < 4.78 is 5.41. The van der Waals surface area contributed by atoms with E-state index in [0.29, 0.717) is 9.84 Å². The summed E-state index contributed by atoms with van der Waals surface area (Å²) in [6.45, 7) is 6.23. The van der Waals surface area contributed by atoms with Gasteiger partial charge in [0.15, 0.2) is 0 Å². The maximum absolute atomic E-state index is 12.1. The van der Waals surface area contributed by atoms with Crippen molar-refractivity contribution in [2.45, 2.75) is 24.7 Å². The number of halogens is 1. The maximum Gasteiger partial charge on any atom is 0.228 e. The van der Waals surface area contributed by atoms with E-state index in [1.165, 1.54) is 0 Å². The molecule has 1 aromatic carbocycles. The summed E-state index contributed by atoms with van der Waals surface area (Å²) in [5.74, 6) is 1.33. The molecule has 0 fully saturated rings. The number of nitrogens with one attached hydrogen (secondary N) is 1. The van der Waals surface area contributed by atoms with E-state index in [9.17, 15) is 4.79 Å². The molecular weight excluding hydrogens is 341 g/mol. The topological polar surface area (TPSA) is 38.3 Å². The molecule has 0 saturated heterocycles. The lowest BCUT2D eigenvalue weighted by Gasteiger charge is -2.21. The monoisotopic (exact) mass is 361 g/mol. The maximum atomic E-state index is 12.1. The van der Waals surface area contributed by atoms with Crippen molar-refractivity contribution < 1.29 is 9.53 Å². The molecule has 0 aliphatic rings. The number of anilines is 1. The third-order valence-electron chi connectivity index (χ3n) is 2.89.